The third-order valence-corrected chi connectivity index (χ3v) is 0. The predicted octanol–water partition coefficient (Wildman–Crippen LogP) is 0.680. The summed E-state index contributed by atoms with van der Waals surface area (Å²) in [6.07, 6.45) is -3.20. The topological polar surface area (TPSA) is 17.1 Å². The van der Waals surface area contributed by atoms with Gasteiger partial charge in [0.15, 0.2) is 0 Å². The first-order chi connectivity index (χ1) is 2.00. The van der Waals surface area contributed by atoms with Crippen LogP contribution in [0.5, 0.6) is 0 Å². The normalized spacial score (nSPS) is 21.4. The van der Waals surface area contributed by atoms with Crippen molar-refractivity contribution in [3.8, 4) is 0 Å². The minimum atomic E-state index is -3.20. The second-order valence-corrected chi connectivity index (χ2v) is 6.83. The maximum absolute atomic E-state index is 11.2. The van der Waals surface area contributed by atoms with E-state index in [9.17, 15) is 8.76 Å². The molecule has 0 heterocycles. The van der Waals surface area contributed by atoms with Crippen LogP contribution in [0.3, 0.4) is 0 Å². The molecule has 1 unspecified atom stereocenters. The molecule has 0 fully saturated rings. The van der Waals surface area contributed by atoms with E-state index in [2.05, 4.69) is 0 Å². The Morgan fingerprint density at radius 1 is 2.00 bits per heavy atom. The van der Waals surface area contributed by atoms with Gasteiger partial charge in [-0.25, -0.2) is 0 Å². The molecule has 0 aliphatic carbocycles. The van der Waals surface area contributed by atoms with Gasteiger partial charge in [0.25, 0.3) is 0 Å². The van der Waals surface area contributed by atoms with Gasteiger partial charge in [-0.1, -0.05) is 0 Å². The molecule has 5 heavy (non-hydrogen) atoms. The monoisotopic (exact) mass is 162 g/mol. The molecule has 0 aromatic carbocycles. The van der Waals surface area contributed by atoms with Crippen LogP contribution in [0.4, 0.5) is 4.20 Å². The van der Waals surface area contributed by atoms with Crippen LogP contribution in [0.1, 0.15) is 0 Å². The molecule has 0 amide bonds. The standard InChI is InChI=1S/CH4FOPSe/c1-4(2,3)5/h1H3,(H,3,5). The quantitative estimate of drug-likeness (QED) is 0.377. The zero-order valence-corrected chi connectivity index (χ0v) is 5.45. The molecular formula is CH4FOPSe. The van der Waals surface area contributed by atoms with Crippen LogP contribution in [-0.4, -0.2) is 22.2 Å². The van der Waals surface area contributed by atoms with Crippen molar-refractivity contribution in [2.45, 2.75) is 0 Å². The molecular weight excluding hydrogens is 157 g/mol. The molecule has 0 aromatic rings. The molecule has 1 nitrogen and oxygen atoms in total. The molecule has 0 aromatic heterocycles. The zero-order chi connectivity index (χ0) is 4.50. The average Bonchev–Trinajstić information content (AvgIpc) is 0.722. The second kappa shape index (κ2) is 1.42. The van der Waals surface area contributed by atoms with E-state index in [1.54, 1.807) is 0 Å². The third-order valence-electron chi connectivity index (χ3n) is 0. The molecule has 32 valence electrons. The van der Waals surface area contributed by atoms with E-state index in [1.807, 2.05) is 0 Å². The van der Waals surface area contributed by atoms with Crippen molar-refractivity contribution in [1.29, 1.82) is 0 Å². The molecule has 0 aliphatic rings. The number of halogens is 1. The zero-order valence-electron chi connectivity index (χ0n) is 2.68. The fourth-order valence-corrected chi connectivity index (χ4v) is 0. The summed E-state index contributed by atoms with van der Waals surface area (Å²) in [6, 6.07) is 0. The van der Waals surface area contributed by atoms with Gasteiger partial charge in [0, 0.05) is 0 Å². The fraction of sp³-hybridized carbons (Fsp3) is 1.00. The Bertz CT molecular complexity index is 57.8. The van der Waals surface area contributed by atoms with Crippen molar-refractivity contribution >= 4 is 21.7 Å². The molecule has 4 heteroatoms. The van der Waals surface area contributed by atoms with Crippen LogP contribution in [0.2, 0.25) is 0 Å². The van der Waals surface area contributed by atoms with Crippen molar-refractivity contribution in [1.82, 2.24) is 0 Å². The summed E-state index contributed by atoms with van der Waals surface area (Å²) in [5.41, 5.74) is 0. The van der Waals surface area contributed by atoms with Gasteiger partial charge < -0.3 is 0 Å². The summed E-state index contributed by atoms with van der Waals surface area (Å²) < 4.78 is 20.7. The van der Waals surface area contributed by atoms with E-state index in [0.29, 0.717) is 0 Å². The van der Waals surface area contributed by atoms with Crippen LogP contribution in [0.25, 0.3) is 0 Å². The molecule has 0 aliphatic heterocycles. The first-order valence-electron chi connectivity index (χ1n) is 0.999. The van der Waals surface area contributed by atoms with Crippen molar-refractivity contribution in [3.63, 3.8) is 0 Å². The van der Waals surface area contributed by atoms with Crippen molar-refractivity contribution in [3.05, 3.63) is 0 Å². The number of rotatable bonds is 0. The van der Waals surface area contributed by atoms with Gasteiger partial charge in [-0.15, -0.1) is 0 Å². The minimum absolute atomic E-state index is 1.05. The molecule has 0 saturated heterocycles. The molecule has 1 atom stereocenters. The Morgan fingerprint density at radius 3 is 2.00 bits per heavy atom. The number of hydrogen-bond acceptors (Lipinski definition) is 1. The van der Waals surface area contributed by atoms with E-state index >= 15 is 0 Å². The summed E-state index contributed by atoms with van der Waals surface area (Å²) >= 11 is 1.47. The van der Waals surface area contributed by atoms with Gasteiger partial charge in [0.1, 0.15) is 0 Å². The van der Waals surface area contributed by atoms with Gasteiger partial charge in [-0.3, -0.25) is 0 Å². The summed E-state index contributed by atoms with van der Waals surface area (Å²) in [5, 5.41) is 0. The van der Waals surface area contributed by atoms with Gasteiger partial charge in [0.2, 0.25) is 0 Å². The molecule has 0 rings (SSSR count). The van der Waals surface area contributed by atoms with Crippen LogP contribution >= 0.6 is 6.14 Å². The van der Waals surface area contributed by atoms with E-state index in [4.69, 9.17) is 0 Å². The summed E-state index contributed by atoms with van der Waals surface area (Å²) in [7, 11) is 0. The van der Waals surface area contributed by atoms with Gasteiger partial charge in [-0.2, -0.15) is 0 Å². The predicted molar refractivity (Wildman–Crippen MR) is 21.8 cm³/mol. The van der Waals surface area contributed by atoms with Crippen molar-refractivity contribution in [2.24, 2.45) is 0 Å². The Labute approximate surface area is 37.9 Å². The van der Waals surface area contributed by atoms with Gasteiger partial charge >= 0.3 is 37.1 Å². The fourth-order valence-electron chi connectivity index (χ4n) is 0. The SMILES string of the molecule is CP(=O)(F)[SeH]. The van der Waals surface area contributed by atoms with Crippen LogP contribution in [0.15, 0.2) is 0 Å². The summed E-state index contributed by atoms with van der Waals surface area (Å²) in [4.78, 5) is 0. The molecule has 0 N–H and O–H groups in total. The first kappa shape index (κ1) is 5.68. The molecule has 0 bridgehead atoms. The molecule has 0 saturated carbocycles. The van der Waals surface area contributed by atoms with Gasteiger partial charge in [-0.05, 0) is 0 Å². The van der Waals surface area contributed by atoms with Crippen LogP contribution < -0.4 is 0 Å². The van der Waals surface area contributed by atoms with E-state index in [1.165, 1.54) is 15.6 Å². The Kier molecular flexibility index (Phi) is 1.61. The van der Waals surface area contributed by atoms with Crippen LogP contribution in [0, 0.1) is 0 Å². The number of hydrogen-bond donors (Lipinski definition) is 0. The summed E-state index contributed by atoms with van der Waals surface area (Å²) in [5.74, 6) is 0. The Balaban J connectivity index is 3.47. The van der Waals surface area contributed by atoms with E-state index in [-0.39, 0.29) is 0 Å². The van der Waals surface area contributed by atoms with Crippen molar-refractivity contribution < 1.29 is 8.76 Å². The summed E-state index contributed by atoms with van der Waals surface area (Å²) in [6.45, 7) is 1.05. The second-order valence-electron chi connectivity index (χ2n) is 0.778. The average molecular weight is 161 g/mol. The Morgan fingerprint density at radius 2 is 2.00 bits per heavy atom. The van der Waals surface area contributed by atoms with Crippen molar-refractivity contribution in [2.75, 3.05) is 6.66 Å². The van der Waals surface area contributed by atoms with E-state index < -0.39 is 6.14 Å². The first-order valence-corrected chi connectivity index (χ1v) is 5.51. The Hall–Kier alpha value is 0.679. The third kappa shape index (κ3) is 72.8. The van der Waals surface area contributed by atoms with Crippen LogP contribution in [-0.2, 0) is 4.57 Å². The van der Waals surface area contributed by atoms with Gasteiger partial charge in [0.05, 0.1) is 0 Å². The maximum atomic E-state index is 11.2. The molecule has 0 spiro atoms. The molecule has 0 radical (unpaired) electrons. The van der Waals surface area contributed by atoms with E-state index in [0.717, 1.165) is 6.66 Å².